The molecule has 1 saturated heterocycles. The maximum absolute atomic E-state index is 13.1. The summed E-state index contributed by atoms with van der Waals surface area (Å²) >= 11 is 0. The van der Waals surface area contributed by atoms with E-state index in [1.54, 1.807) is 12.1 Å². The fourth-order valence-electron chi connectivity index (χ4n) is 4.05. The molecule has 0 spiro atoms. The van der Waals surface area contributed by atoms with Crippen LogP contribution in [0.5, 0.6) is 0 Å². The van der Waals surface area contributed by atoms with Gasteiger partial charge in [0.15, 0.2) is 0 Å². The predicted molar refractivity (Wildman–Crippen MR) is 102 cm³/mol. The van der Waals surface area contributed by atoms with Crippen LogP contribution in [0.3, 0.4) is 0 Å². The van der Waals surface area contributed by atoms with Crippen molar-refractivity contribution in [2.75, 3.05) is 26.2 Å². The lowest BCUT2D eigenvalue weighted by Crippen LogP contribution is -2.50. The van der Waals surface area contributed by atoms with Crippen LogP contribution in [0.1, 0.15) is 38.2 Å². The summed E-state index contributed by atoms with van der Waals surface area (Å²) in [5.41, 5.74) is 1.05. The molecule has 5 nitrogen and oxygen atoms in total. The molecule has 0 radical (unpaired) electrons. The van der Waals surface area contributed by atoms with Crippen LogP contribution in [-0.4, -0.2) is 48.9 Å². The number of piperidine rings is 1. The fraction of sp³-hybridized carbons (Fsp3) is 0.524. The number of benzene rings is 1. The molecule has 1 aromatic rings. The standard InChI is InChI=1S/C21H27FN2O3/c1-3-11-24-12-5-10-21(15-24,20(25)26-4-2)14-18-13-19(23-27-18)16-6-8-17(22)9-7-16/h3,6-9,18H,1,4-5,10-15H2,2H3/t18-,21+/m0/s1. The number of esters is 1. The van der Waals surface area contributed by atoms with Crippen LogP contribution in [0.25, 0.3) is 0 Å². The van der Waals surface area contributed by atoms with Gasteiger partial charge in [0, 0.05) is 25.9 Å². The molecule has 27 heavy (non-hydrogen) atoms. The third-order valence-electron chi connectivity index (χ3n) is 5.28. The lowest BCUT2D eigenvalue weighted by atomic mass is 9.74. The molecule has 2 aliphatic rings. The number of oxime groups is 1. The fourth-order valence-corrected chi connectivity index (χ4v) is 4.05. The average Bonchev–Trinajstić information content (AvgIpc) is 3.11. The van der Waals surface area contributed by atoms with E-state index in [1.165, 1.54) is 12.1 Å². The molecule has 2 atom stereocenters. The lowest BCUT2D eigenvalue weighted by molar-refractivity contribution is -0.162. The van der Waals surface area contributed by atoms with Crippen molar-refractivity contribution < 1.29 is 18.8 Å². The molecule has 2 heterocycles. The van der Waals surface area contributed by atoms with Crippen LogP contribution < -0.4 is 0 Å². The van der Waals surface area contributed by atoms with Gasteiger partial charge in [0.1, 0.15) is 11.9 Å². The van der Waals surface area contributed by atoms with Crippen LogP contribution >= 0.6 is 0 Å². The van der Waals surface area contributed by atoms with Crippen LogP contribution in [0.2, 0.25) is 0 Å². The van der Waals surface area contributed by atoms with Gasteiger partial charge in [0.05, 0.1) is 17.7 Å². The van der Waals surface area contributed by atoms with Gasteiger partial charge < -0.3 is 9.57 Å². The molecular formula is C21H27FN2O3. The Hall–Kier alpha value is -2.21. The molecule has 1 aromatic carbocycles. The minimum Gasteiger partial charge on any atom is -0.466 e. The molecule has 2 aliphatic heterocycles. The molecule has 1 fully saturated rings. The number of hydrogen-bond acceptors (Lipinski definition) is 5. The normalized spacial score (nSPS) is 25.6. The number of likely N-dealkylation sites (tertiary alicyclic amines) is 1. The Balaban J connectivity index is 1.70. The molecule has 0 bridgehead atoms. The minimum absolute atomic E-state index is 0.155. The summed E-state index contributed by atoms with van der Waals surface area (Å²) in [5.74, 6) is -0.432. The van der Waals surface area contributed by atoms with E-state index in [-0.39, 0.29) is 17.9 Å². The largest absolute Gasteiger partial charge is 0.466 e. The second-order valence-corrected chi connectivity index (χ2v) is 7.31. The second kappa shape index (κ2) is 8.65. The van der Waals surface area contributed by atoms with Crippen molar-refractivity contribution in [3.8, 4) is 0 Å². The first-order chi connectivity index (χ1) is 13.1. The zero-order valence-electron chi connectivity index (χ0n) is 15.8. The number of halogens is 1. The van der Waals surface area contributed by atoms with Crippen molar-refractivity contribution in [3.63, 3.8) is 0 Å². The summed E-state index contributed by atoms with van der Waals surface area (Å²) in [6.07, 6.45) is 4.57. The molecule has 0 aromatic heterocycles. The van der Waals surface area contributed by atoms with E-state index in [2.05, 4.69) is 16.6 Å². The Bertz CT molecular complexity index is 704. The summed E-state index contributed by atoms with van der Waals surface area (Å²) < 4.78 is 18.6. The highest BCUT2D eigenvalue weighted by atomic mass is 19.1. The molecule has 0 amide bonds. The summed E-state index contributed by atoms with van der Waals surface area (Å²) in [7, 11) is 0. The van der Waals surface area contributed by atoms with Crippen LogP contribution in [0.4, 0.5) is 4.39 Å². The second-order valence-electron chi connectivity index (χ2n) is 7.31. The SMILES string of the molecule is C=CCN1CCC[C@](C[C@@H]2CC(c3ccc(F)cc3)=NO2)(C(=O)OCC)C1. The van der Waals surface area contributed by atoms with Gasteiger partial charge in [-0.25, -0.2) is 4.39 Å². The smallest absolute Gasteiger partial charge is 0.313 e. The lowest BCUT2D eigenvalue weighted by Gasteiger charge is -2.41. The van der Waals surface area contributed by atoms with Crippen molar-refractivity contribution in [2.45, 2.75) is 38.7 Å². The van der Waals surface area contributed by atoms with Gasteiger partial charge in [-0.1, -0.05) is 23.4 Å². The number of carbonyl (C=O) groups is 1. The third kappa shape index (κ3) is 4.56. The van der Waals surface area contributed by atoms with Gasteiger partial charge in [-0.3, -0.25) is 9.69 Å². The first-order valence-electron chi connectivity index (χ1n) is 9.55. The first kappa shape index (κ1) is 19.5. The topological polar surface area (TPSA) is 51.1 Å². The van der Waals surface area contributed by atoms with Crippen molar-refractivity contribution >= 4 is 11.7 Å². The quantitative estimate of drug-likeness (QED) is 0.541. The van der Waals surface area contributed by atoms with E-state index in [0.717, 1.165) is 37.2 Å². The Morgan fingerprint density at radius 2 is 2.26 bits per heavy atom. The summed E-state index contributed by atoms with van der Waals surface area (Å²) in [5, 5.41) is 4.19. The van der Waals surface area contributed by atoms with Gasteiger partial charge in [-0.2, -0.15) is 0 Å². The van der Waals surface area contributed by atoms with E-state index in [0.29, 0.717) is 26.0 Å². The van der Waals surface area contributed by atoms with Crippen LogP contribution in [0.15, 0.2) is 42.1 Å². The zero-order valence-corrected chi connectivity index (χ0v) is 15.8. The van der Waals surface area contributed by atoms with Crippen molar-refractivity contribution in [1.29, 1.82) is 0 Å². The molecule has 0 aliphatic carbocycles. The van der Waals surface area contributed by atoms with Crippen molar-refractivity contribution in [2.24, 2.45) is 10.6 Å². The molecule has 0 saturated carbocycles. The molecule has 6 heteroatoms. The number of rotatable bonds is 7. The Morgan fingerprint density at radius 1 is 1.48 bits per heavy atom. The van der Waals surface area contributed by atoms with Crippen LogP contribution in [0, 0.1) is 11.2 Å². The van der Waals surface area contributed by atoms with E-state index in [4.69, 9.17) is 9.57 Å². The van der Waals surface area contributed by atoms with Crippen molar-refractivity contribution in [1.82, 2.24) is 4.90 Å². The minimum atomic E-state index is -0.588. The molecule has 3 rings (SSSR count). The third-order valence-corrected chi connectivity index (χ3v) is 5.28. The molecule has 0 N–H and O–H groups in total. The average molecular weight is 374 g/mol. The Kier molecular flexibility index (Phi) is 6.26. The van der Waals surface area contributed by atoms with Gasteiger partial charge in [-0.05, 0) is 44.0 Å². The number of hydrogen-bond donors (Lipinski definition) is 0. The maximum atomic E-state index is 13.1. The Labute approximate surface area is 159 Å². The molecule has 146 valence electrons. The first-order valence-corrected chi connectivity index (χ1v) is 9.55. The van der Waals surface area contributed by atoms with Crippen LogP contribution in [-0.2, 0) is 14.4 Å². The van der Waals surface area contributed by atoms with Gasteiger partial charge >= 0.3 is 5.97 Å². The number of nitrogens with zero attached hydrogens (tertiary/aromatic N) is 2. The monoisotopic (exact) mass is 374 g/mol. The summed E-state index contributed by atoms with van der Waals surface area (Å²) in [4.78, 5) is 20.7. The molecule has 0 unspecified atom stereocenters. The summed E-state index contributed by atoms with van der Waals surface area (Å²) in [6.45, 7) is 8.36. The van der Waals surface area contributed by atoms with E-state index in [9.17, 15) is 9.18 Å². The van der Waals surface area contributed by atoms with Gasteiger partial charge in [0.25, 0.3) is 0 Å². The number of ether oxygens (including phenoxy) is 1. The summed E-state index contributed by atoms with van der Waals surface area (Å²) in [6, 6.07) is 6.24. The van der Waals surface area contributed by atoms with Gasteiger partial charge in [0.2, 0.25) is 0 Å². The Morgan fingerprint density at radius 3 is 2.96 bits per heavy atom. The van der Waals surface area contributed by atoms with E-state index < -0.39 is 5.41 Å². The van der Waals surface area contributed by atoms with E-state index >= 15 is 0 Å². The van der Waals surface area contributed by atoms with Crippen molar-refractivity contribution in [3.05, 3.63) is 48.3 Å². The molecular weight excluding hydrogens is 347 g/mol. The van der Waals surface area contributed by atoms with Gasteiger partial charge in [-0.15, -0.1) is 6.58 Å². The highest BCUT2D eigenvalue weighted by Crippen LogP contribution is 2.39. The van der Waals surface area contributed by atoms with E-state index in [1.807, 2.05) is 13.0 Å². The highest BCUT2D eigenvalue weighted by Gasteiger charge is 2.46. The predicted octanol–water partition coefficient (Wildman–Crippen LogP) is 3.54. The highest BCUT2D eigenvalue weighted by molar-refractivity contribution is 6.01. The zero-order chi connectivity index (χ0) is 19.3. The maximum Gasteiger partial charge on any atom is 0.313 e. The number of carbonyl (C=O) groups excluding carboxylic acids is 1.